The van der Waals surface area contributed by atoms with Crippen LogP contribution in [0.3, 0.4) is 0 Å². The molecule has 1 N–H and O–H groups in total. The first kappa shape index (κ1) is 27.4. The van der Waals surface area contributed by atoms with Crippen molar-refractivity contribution in [2.45, 2.75) is 65.1 Å². The molecule has 5 rings (SSSR count). The summed E-state index contributed by atoms with van der Waals surface area (Å²) in [6.45, 7) is 7.04. The lowest BCUT2D eigenvalue weighted by Gasteiger charge is -2.25. The van der Waals surface area contributed by atoms with Crippen LogP contribution in [0.1, 0.15) is 68.5 Å². The van der Waals surface area contributed by atoms with Crippen LogP contribution in [-0.2, 0) is 22.6 Å². The molecule has 8 nitrogen and oxygen atoms in total. The van der Waals surface area contributed by atoms with Gasteiger partial charge in [-0.25, -0.2) is 0 Å². The number of aliphatic hydroxyl groups excluding tert-OH is 1. The number of rotatable bonds is 11. The average molecular weight is 546 g/mol. The quantitative estimate of drug-likeness (QED) is 0.133. The molecular formula is C32H35NO7. The number of carbonyl (C=O) groups is 2. The number of hydrogen-bond acceptors (Lipinski definition) is 7. The number of carbonyl (C=O) groups excluding carboxylic acids is 2. The van der Waals surface area contributed by atoms with Crippen molar-refractivity contribution in [1.82, 2.24) is 4.90 Å². The second kappa shape index (κ2) is 11.9. The van der Waals surface area contributed by atoms with Gasteiger partial charge in [0.25, 0.3) is 11.7 Å². The van der Waals surface area contributed by atoms with Gasteiger partial charge in [0.15, 0.2) is 11.5 Å². The number of amides is 1. The number of ether oxygens (including phenoxy) is 3. The van der Waals surface area contributed by atoms with Crippen LogP contribution < -0.4 is 14.2 Å². The van der Waals surface area contributed by atoms with E-state index in [1.54, 1.807) is 36.4 Å². The molecule has 0 spiro atoms. The average Bonchev–Trinajstić information content (AvgIpc) is 3.66. The zero-order valence-corrected chi connectivity index (χ0v) is 23.1. The SMILES string of the molecule is CCCCCOc1ccc([C@@H]2C(=C(O)c3ccc4c(c3)C[C@H](C)O4)C(=O)C(=O)N2Cc2ccco2)cc1OCC. The van der Waals surface area contributed by atoms with Gasteiger partial charge >= 0.3 is 0 Å². The van der Waals surface area contributed by atoms with E-state index in [9.17, 15) is 14.7 Å². The summed E-state index contributed by atoms with van der Waals surface area (Å²) in [6, 6.07) is 13.3. The predicted octanol–water partition coefficient (Wildman–Crippen LogP) is 6.19. The normalized spacial score (nSPS) is 19.5. The highest BCUT2D eigenvalue weighted by Gasteiger charge is 2.46. The molecule has 0 bridgehead atoms. The van der Waals surface area contributed by atoms with E-state index < -0.39 is 17.7 Å². The van der Waals surface area contributed by atoms with Gasteiger partial charge in [0, 0.05) is 12.0 Å². The second-order valence-corrected chi connectivity index (χ2v) is 10.2. The summed E-state index contributed by atoms with van der Waals surface area (Å²) in [5, 5.41) is 11.5. The van der Waals surface area contributed by atoms with Gasteiger partial charge in [0.05, 0.1) is 37.6 Å². The van der Waals surface area contributed by atoms with Crippen molar-refractivity contribution < 1.29 is 33.3 Å². The van der Waals surface area contributed by atoms with Crippen molar-refractivity contribution in [3.05, 3.63) is 82.8 Å². The van der Waals surface area contributed by atoms with Gasteiger partial charge in [-0.05, 0) is 73.9 Å². The molecule has 1 aromatic heterocycles. The molecule has 2 aliphatic heterocycles. The number of unbranched alkanes of at least 4 members (excludes halogenated alkanes) is 2. The Bertz CT molecular complexity index is 1410. The molecule has 0 aliphatic carbocycles. The molecule has 1 amide bonds. The van der Waals surface area contributed by atoms with Gasteiger partial charge in [-0.15, -0.1) is 0 Å². The minimum absolute atomic E-state index is 0.0162. The number of likely N-dealkylation sites (tertiary alicyclic amines) is 1. The van der Waals surface area contributed by atoms with Crippen LogP contribution in [0.4, 0.5) is 0 Å². The fourth-order valence-electron chi connectivity index (χ4n) is 5.30. The Morgan fingerprint density at radius 2 is 1.90 bits per heavy atom. The number of fused-ring (bicyclic) bond motifs is 1. The molecule has 1 saturated heterocycles. The van der Waals surface area contributed by atoms with E-state index in [-0.39, 0.29) is 24.0 Å². The Morgan fingerprint density at radius 3 is 2.65 bits per heavy atom. The molecule has 3 heterocycles. The molecule has 2 aromatic carbocycles. The Kier molecular flexibility index (Phi) is 8.14. The first-order chi connectivity index (χ1) is 19.4. The van der Waals surface area contributed by atoms with Crippen LogP contribution in [0, 0.1) is 0 Å². The topological polar surface area (TPSA) is 98.4 Å². The van der Waals surface area contributed by atoms with E-state index in [0.29, 0.717) is 48.0 Å². The van der Waals surface area contributed by atoms with Crippen molar-refractivity contribution in [3.8, 4) is 17.2 Å². The van der Waals surface area contributed by atoms with Crippen LogP contribution in [0.5, 0.6) is 17.2 Å². The molecular weight excluding hydrogens is 510 g/mol. The van der Waals surface area contributed by atoms with Gasteiger partial charge in [0.2, 0.25) is 0 Å². The molecule has 1 fully saturated rings. The van der Waals surface area contributed by atoms with Gasteiger partial charge in [-0.3, -0.25) is 9.59 Å². The third-order valence-corrected chi connectivity index (χ3v) is 7.20. The molecule has 2 atom stereocenters. The summed E-state index contributed by atoms with van der Waals surface area (Å²) in [6.07, 6.45) is 5.34. The van der Waals surface area contributed by atoms with Gasteiger partial charge in [-0.2, -0.15) is 0 Å². The molecule has 0 radical (unpaired) electrons. The number of Topliss-reactive ketones (excluding diaryl/α,β-unsaturated/α-hetero) is 1. The monoisotopic (exact) mass is 545 g/mol. The number of ketones is 1. The molecule has 2 aliphatic rings. The highest BCUT2D eigenvalue weighted by Crippen LogP contribution is 2.43. The van der Waals surface area contributed by atoms with Crippen LogP contribution >= 0.6 is 0 Å². The van der Waals surface area contributed by atoms with E-state index in [0.717, 1.165) is 30.6 Å². The summed E-state index contributed by atoms with van der Waals surface area (Å²) in [5.74, 6) is 0.703. The largest absolute Gasteiger partial charge is 0.507 e. The maximum absolute atomic E-state index is 13.5. The summed E-state index contributed by atoms with van der Waals surface area (Å²) in [5.41, 5.74) is 2.04. The lowest BCUT2D eigenvalue weighted by molar-refractivity contribution is -0.140. The maximum Gasteiger partial charge on any atom is 0.296 e. The maximum atomic E-state index is 13.5. The Labute approximate surface area is 234 Å². The number of furan rings is 1. The molecule has 3 aromatic rings. The minimum Gasteiger partial charge on any atom is -0.507 e. The van der Waals surface area contributed by atoms with Gasteiger partial charge in [-0.1, -0.05) is 25.8 Å². The summed E-state index contributed by atoms with van der Waals surface area (Å²) >= 11 is 0. The number of aliphatic hydroxyl groups is 1. The fraction of sp³-hybridized carbons (Fsp3) is 0.375. The lowest BCUT2D eigenvalue weighted by atomic mass is 9.94. The van der Waals surface area contributed by atoms with E-state index >= 15 is 0 Å². The number of hydrogen-bond donors (Lipinski definition) is 1. The molecule has 210 valence electrons. The standard InChI is InChI=1S/C32H35NO7/c1-4-6-7-14-39-26-13-10-21(18-27(26)37-5-2)29-28(31(35)32(36)33(29)19-24-9-8-15-38-24)30(34)22-11-12-25-23(17-22)16-20(3)40-25/h8-13,15,17-18,20,29,34H,4-7,14,16,19H2,1-3H3/t20-,29+/m0/s1. The van der Waals surface area contributed by atoms with Crippen LogP contribution in [0.25, 0.3) is 5.76 Å². The van der Waals surface area contributed by atoms with Crippen LogP contribution in [0.2, 0.25) is 0 Å². The Hall–Kier alpha value is -4.20. The van der Waals surface area contributed by atoms with Crippen molar-refractivity contribution >= 4 is 17.4 Å². The summed E-state index contributed by atoms with van der Waals surface area (Å²) < 4.78 is 23.2. The van der Waals surface area contributed by atoms with Crippen molar-refractivity contribution in [2.75, 3.05) is 13.2 Å². The smallest absolute Gasteiger partial charge is 0.296 e. The Morgan fingerprint density at radius 1 is 1.05 bits per heavy atom. The Balaban J connectivity index is 1.58. The fourth-order valence-corrected chi connectivity index (χ4v) is 5.30. The van der Waals surface area contributed by atoms with Crippen molar-refractivity contribution in [1.29, 1.82) is 0 Å². The summed E-state index contributed by atoms with van der Waals surface area (Å²) in [7, 11) is 0. The predicted molar refractivity (Wildman–Crippen MR) is 149 cm³/mol. The van der Waals surface area contributed by atoms with E-state index in [1.165, 1.54) is 11.2 Å². The van der Waals surface area contributed by atoms with Crippen LogP contribution in [0.15, 0.2) is 64.8 Å². The van der Waals surface area contributed by atoms with E-state index in [4.69, 9.17) is 18.6 Å². The third kappa shape index (κ3) is 5.43. The number of nitrogens with zero attached hydrogens (tertiary/aromatic N) is 1. The van der Waals surface area contributed by atoms with Gasteiger partial charge < -0.3 is 28.6 Å². The zero-order chi connectivity index (χ0) is 28.2. The first-order valence-corrected chi connectivity index (χ1v) is 13.9. The van der Waals surface area contributed by atoms with Crippen LogP contribution in [-0.4, -0.2) is 41.0 Å². The molecule has 8 heteroatoms. The van der Waals surface area contributed by atoms with Crippen molar-refractivity contribution in [3.63, 3.8) is 0 Å². The molecule has 40 heavy (non-hydrogen) atoms. The summed E-state index contributed by atoms with van der Waals surface area (Å²) in [4.78, 5) is 28.3. The highest BCUT2D eigenvalue weighted by atomic mass is 16.5. The van der Waals surface area contributed by atoms with Crippen molar-refractivity contribution in [2.24, 2.45) is 0 Å². The molecule has 0 unspecified atom stereocenters. The van der Waals surface area contributed by atoms with E-state index in [2.05, 4.69) is 6.92 Å². The lowest BCUT2D eigenvalue weighted by Crippen LogP contribution is -2.29. The zero-order valence-electron chi connectivity index (χ0n) is 23.1. The first-order valence-electron chi connectivity index (χ1n) is 13.9. The third-order valence-electron chi connectivity index (χ3n) is 7.20. The number of benzene rings is 2. The van der Waals surface area contributed by atoms with E-state index in [1.807, 2.05) is 26.0 Å². The van der Waals surface area contributed by atoms with Gasteiger partial charge in [0.1, 0.15) is 23.4 Å². The second-order valence-electron chi connectivity index (χ2n) is 10.2. The highest BCUT2D eigenvalue weighted by molar-refractivity contribution is 6.46. The minimum atomic E-state index is -0.859. The molecule has 0 saturated carbocycles.